The van der Waals surface area contributed by atoms with Crippen molar-refractivity contribution in [2.45, 2.75) is 57.7 Å². The number of carbonyl (C=O) groups excluding carboxylic acids is 3. The largest absolute Gasteiger partial charge is 0.440 e. The predicted octanol–water partition coefficient (Wildman–Crippen LogP) is 2.70. The molecule has 5 heteroatoms. The number of ketones is 2. The average Bonchev–Trinajstić information content (AvgIpc) is 2.76. The van der Waals surface area contributed by atoms with Gasteiger partial charge < -0.3 is 9.84 Å². The van der Waals surface area contributed by atoms with Crippen LogP contribution in [0.3, 0.4) is 0 Å². The zero-order valence-electron chi connectivity index (χ0n) is 13.5. The molecule has 1 N–H and O–H groups in total. The molecule has 1 atom stereocenters. The average molecular weight is 318 g/mol. The van der Waals surface area contributed by atoms with Gasteiger partial charge in [0.05, 0.1) is 0 Å². The molecule has 2 rings (SSSR count). The summed E-state index contributed by atoms with van der Waals surface area (Å²) in [4.78, 5) is 37.6. The van der Waals surface area contributed by atoms with Gasteiger partial charge in [0.15, 0.2) is 6.10 Å². The van der Waals surface area contributed by atoms with Gasteiger partial charge in [-0.3, -0.25) is 9.59 Å². The Bertz CT molecular complexity index is 585. The first-order valence-corrected chi connectivity index (χ1v) is 8.07. The van der Waals surface area contributed by atoms with Crippen molar-refractivity contribution in [2.75, 3.05) is 0 Å². The van der Waals surface area contributed by atoms with Crippen molar-refractivity contribution >= 4 is 17.5 Å². The molecular formula is C18H22O5. The number of fused-ring (bicyclic) bond motifs is 1. The highest BCUT2D eigenvalue weighted by molar-refractivity contribution is 6.32. The molecular weight excluding hydrogens is 296 g/mol. The fourth-order valence-corrected chi connectivity index (χ4v) is 2.90. The number of unbranched alkanes of at least 4 members (excludes halogenated alkanes) is 1. The van der Waals surface area contributed by atoms with Crippen LogP contribution in [-0.2, 0) is 9.53 Å². The summed E-state index contributed by atoms with van der Waals surface area (Å²) >= 11 is 0. The van der Waals surface area contributed by atoms with Crippen LogP contribution in [0.4, 0.5) is 0 Å². The molecule has 0 aromatic heterocycles. The van der Waals surface area contributed by atoms with Gasteiger partial charge in [-0.05, 0) is 6.42 Å². The number of hydrogen-bond donors (Lipinski definition) is 1. The summed E-state index contributed by atoms with van der Waals surface area (Å²) in [5, 5.41) is 9.88. The van der Waals surface area contributed by atoms with Crippen molar-refractivity contribution in [3.8, 4) is 0 Å². The maximum absolute atomic E-state index is 12.7. The normalized spacial score (nSPS) is 17.0. The van der Waals surface area contributed by atoms with Crippen LogP contribution >= 0.6 is 0 Å². The van der Waals surface area contributed by atoms with E-state index in [0.717, 1.165) is 6.42 Å². The minimum Gasteiger partial charge on any atom is -0.440 e. The van der Waals surface area contributed by atoms with Crippen LogP contribution in [-0.4, -0.2) is 34.3 Å². The molecule has 1 aliphatic carbocycles. The monoisotopic (exact) mass is 318 g/mol. The molecule has 5 nitrogen and oxygen atoms in total. The zero-order chi connectivity index (χ0) is 17.0. The Morgan fingerprint density at radius 3 is 2.17 bits per heavy atom. The second-order valence-corrected chi connectivity index (χ2v) is 5.86. The molecule has 1 aliphatic rings. The summed E-state index contributed by atoms with van der Waals surface area (Å²) in [5.74, 6) is -1.88. The lowest BCUT2D eigenvalue weighted by Crippen LogP contribution is -2.47. The molecule has 23 heavy (non-hydrogen) atoms. The first kappa shape index (κ1) is 17.3. The third-order valence-corrected chi connectivity index (χ3v) is 4.13. The number of ether oxygens (including phenoxy) is 1. The third kappa shape index (κ3) is 3.06. The lowest BCUT2D eigenvalue weighted by molar-refractivity contribution is -0.162. The van der Waals surface area contributed by atoms with E-state index >= 15 is 0 Å². The van der Waals surface area contributed by atoms with E-state index in [2.05, 4.69) is 0 Å². The van der Waals surface area contributed by atoms with Gasteiger partial charge in [0.1, 0.15) is 0 Å². The second kappa shape index (κ2) is 7.04. The number of esters is 1. The van der Waals surface area contributed by atoms with E-state index in [9.17, 15) is 19.5 Å². The number of Topliss-reactive ketones (excluding diaryl/α,β-unsaturated/α-hetero) is 2. The molecule has 0 fully saturated rings. The van der Waals surface area contributed by atoms with Crippen LogP contribution in [0.5, 0.6) is 0 Å². The Hall–Kier alpha value is -2.01. The molecule has 0 radical (unpaired) electrons. The summed E-state index contributed by atoms with van der Waals surface area (Å²) in [6, 6.07) is 6.47. The molecule has 0 saturated carbocycles. The van der Waals surface area contributed by atoms with Crippen molar-refractivity contribution in [2.24, 2.45) is 0 Å². The van der Waals surface area contributed by atoms with E-state index in [4.69, 9.17) is 4.74 Å². The summed E-state index contributed by atoms with van der Waals surface area (Å²) in [6.07, 6.45) is 1.06. The molecule has 124 valence electrons. The maximum atomic E-state index is 12.7. The summed E-state index contributed by atoms with van der Waals surface area (Å²) in [7, 11) is 0. The lowest BCUT2D eigenvalue weighted by Gasteiger charge is -2.26. The number of benzene rings is 1. The van der Waals surface area contributed by atoms with Gasteiger partial charge >= 0.3 is 5.97 Å². The number of hydrogen-bond acceptors (Lipinski definition) is 5. The fraction of sp³-hybridized carbons (Fsp3) is 0.500. The van der Waals surface area contributed by atoms with Crippen molar-refractivity contribution < 1.29 is 24.2 Å². The van der Waals surface area contributed by atoms with Gasteiger partial charge in [-0.1, -0.05) is 57.4 Å². The van der Waals surface area contributed by atoms with E-state index in [-0.39, 0.29) is 24.0 Å². The van der Waals surface area contributed by atoms with Crippen LogP contribution in [0.25, 0.3) is 0 Å². The summed E-state index contributed by atoms with van der Waals surface area (Å²) in [6.45, 7) is 3.75. The minimum atomic E-state index is -1.82. The Morgan fingerprint density at radius 2 is 1.70 bits per heavy atom. The fourth-order valence-electron chi connectivity index (χ4n) is 2.90. The summed E-state index contributed by atoms with van der Waals surface area (Å²) < 4.78 is 5.32. The number of rotatable bonds is 7. The van der Waals surface area contributed by atoms with Crippen LogP contribution < -0.4 is 0 Å². The van der Waals surface area contributed by atoms with Crippen molar-refractivity contribution in [3.63, 3.8) is 0 Å². The predicted molar refractivity (Wildman–Crippen MR) is 84.4 cm³/mol. The lowest BCUT2D eigenvalue weighted by atomic mass is 9.91. The molecule has 0 saturated heterocycles. The van der Waals surface area contributed by atoms with Gasteiger partial charge in [0.2, 0.25) is 17.2 Å². The van der Waals surface area contributed by atoms with E-state index in [1.165, 1.54) is 0 Å². The van der Waals surface area contributed by atoms with E-state index in [0.29, 0.717) is 12.8 Å². The van der Waals surface area contributed by atoms with Crippen molar-refractivity contribution in [1.82, 2.24) is 0 Å². The Kier molecular flexibility index (Phi) is 5.31. The first-order chi connectivity index (χ1) is 11.0. The highest BCUT2D eigenvalue weighted by atomic mass is 16.6. The molecule has 0 amide bonds. The maximum Gasteiger partial charge on any atom is 0.336 e. The number of aliphatic hydroxyl groups excluding tert-OH is 1. The third-order valence-electron chi connectivity index (χ3n) is 4.13. The second-order valence-electron chi connectivity index (χ2n) is 5.86. The van der Waals surface area contributed by atoms with Crippen molar-refractivity contribution in [3.05, 3.63) is 35.4 Å². The standard InChI is InChI=1S/C18H22O5/c1-3-5-10-14(19)17(22)23-18(11-4-2)15(20)12-8-6-7-9-13(12)16(18)21/h6-9,14,19H,3-5,10-11H2,1-2H3. The van der Waals surface area contributed by atoms with E-state index < -0.39 is 29.2 Å². The molecule has 1 aromatic carbocycles. The van der Waals surface area contributed by atoms with Crippen LogP contribution in [0.15, 0.2) is 24.3 Å². The van der Waals surface area contributed by atoms with Gasteiger partial charge in [0, 0.05) is 17.5 Å². The number of carbonyl (C=O) groups is 3. The molecule has 0 heterocycles. The van der Waals surface area contributed by atoms with Gasteiger partial charge in [-0.25, -0.2) is 4.79 Å². The van der Waals surface area contributed by atoms with E-state index in [1.807, 2.05) is 13.8 Å². The van der Waals surface area contributed by atoms with Gasteiger partial charge in [0.25, 0.3) is 0 Å². The number of aliphatic hydroxyl groups is 1. The smallest absolute Gasteiger partial charge is 0.336 e. The van der Waals surface area contributed by atoms with Crippen LogP contribution in [0.1, 0.15) is 66.7 Å². The van der Waals surface area contributed by atoms with Crippen molar-refractivity contribution in [1.29, 1.82) is 0 Å². The van der Waals surface area contributed by atoms with Crippen LogP contribution in [0.2, 0.25) is 0 Å². The minimum absolute atomic E-state index is 0.117. The Morgan fingerprint density at radius 1 is 1.13 bits per heavy atom. The zero-order valence-corrected chi connectivity index (χ0v) is 13.5. The SMILES string of the molecule is CCCCC(O)C(=O)OC1(CCC)C(=O)c2ccccc2C1=O. The Labute approximate surface area is 135 Å². The quantitative estimate of drug-likeness (QED) is 0.617. The molecule has 0 aliphatic heterocycles. The molecule has 1 unspecified atom stereocenters. The topological polar surface area (TPSA) is 80.7 Å². The molecule has 0 spiro atoms. The molecule has 0 bridgehead atoms. The van der Waals surface area contributed by atoms with Gasteiger partial charge in [-0.2, -0.15) is 0 Å². The highest BCUT2D eigenvalue weighted by Gasteiger charge is 2.55. The molecule has 1 aromatic rings. The first-order valence-electron chi connectivity index (χ1n) is 8.07. The van der Waals surface area contributed by atoms with E-state index in [1.54, 1.807) is 24.3 Å². The van der Waals surface area contributed by atoms with Gasteiger partial charge in [-0.15, -0.1) is 0 Å². The Balaban J connectivity index is 2.30. The van der Waals surface area contributed by atoms with Crippen LogP contribution in [0, 0.1) is 0 Å². The highest BCUT2D eigenvalue weighted by Crippen LogP contribution is 2.36. The summed E-state index contributed by atoms with van der Waals surface area (Å²) in [5.41, 5.74) is -1.26.